The zero-order chi connectivity index (χ0) is 15.4. The van der Waals surface area contributed by atoms with Crippen LogP contribution in [0.5, 0.6) is 0 Å². The zero-order valence-electron chi connectivity index (χ0n) is 11.7. The summed E-state index contributed by atoms with van der Waals surface area (Å²) in [7, 11) is 0. The van der Waals surface area contributed by atoms with Crippen molar-refractivity contribution >= 4 is 0 Å². The standard InChI is InChI=1S/C13H20F6/c1-6-8-9(10(3,4)5)7(2)11(8,12(14,15)16)13(17,18)19/h7-9H,6H2,1-5H3/t7-,8+,9?/m0/s1. The van der Waals surface area contributed by atoms with Crippen LogP contribution in [0, 0.1) is 28.6 Å². The molecule has 0 aromatic carbocycles. The Balaban J connectivity index is 3.37. The summed E-state index contributed by atoms with van der Waals surface area (Å²) < 4.78 is 79.1. The Bertz CT molecular complexity index is 319. The molecule has 0 spiro atoms. The van der Waals surface area contributed by atoms with E-state index < -0.39 is 40.9 Å². The van der Waals surface area contributed by atoms with Crippen LogP contribution in [0.1, 0.15) is 41.0 Å². The van der Waals surface area contributed by atoms with Gasteiger partial charge in [0.2, 0.25) is 0 Å². The summed E-state index contributed by atoms with van der Waals surface area (Å²) in [4.78, 5) is 0. The van der Waals surface area contributed by atoms with E-state index in [1.165, 1.54) is 6.92 Å². The number of hydrogen-bond acceptors (Lipinski definition) is 0. The average molecular weight is 290 g/mol. The fourth-order valence-corrected chi connectivity index (χ4v) is 4.16. The molecule has 1 rings (SSSR count). The highest BCUT2D eigenvalue weighted by Crippen LogP contribution is 2.73. The summed E-state index contributed by atoms with van der Waals surface area (Å²) in [5.41, 5.74) is -4.12. The lowest BCUT2D eigenvalue weighted by molar-refractivity contribution is -0.430. The second kappa shape index (κ2) is 4.29. The van der Waals surface area contributed by atoms with Crippen LogP contribution in [0.2, 0.25) is 0 Å². The molecule has 114 valence electrons. The van der Waals surface area contributed by atoms with Crippen molar-refractivity contribution < 1.29 is 26.3 Å². The molecular weight excluding hydrogens is 270 g/mol. The molecule has 0 nitrogen and oxygen atoms in total. The van der Waals surface area contributed by atoms with E-state index in [9.17, 15) is 26.3 Å². The molecule has 19 heavy (non-hydrogen) atoms. The van der Waals surface area contributed by atoms with Crippen molar-refractivity contribution in [1.82, 2.24) is 0 Å². The molecular formula is C13H20F6. The van der Waals surface area contributed by atoms with Crippen molar-refractivity contribution in [2.24, 2.45) is 28.6 Å². The fourth-order valence-electron chi connectivity index (χ4n) is 4.16. The Morgan fingerprint density at radius 2 is 1.26 bits per heavy atom. The normalized spacial score (nSPS) is 32.1. The molecule has 0 heterocycles. The van der Waals surface area contributed by atoms with Gasteiger partial charge < -0.3 is 0 Å². The van der Waals surface area contributed by atoms with Crippen LogP contribution >= 0.6 is 0 Å². The van der Waals surface area contributed by atoms with Gasteiger partial charge in [-0.3, -0.25) is 0 Å². The van der Waals surface area contributed by atoms with Crippen molar-refractivity contribution in [2.45, 2.75) is 53.4 Å². The summed E-state index contributed by atoms with van der Waals surface area (Å²) in [6.45, 7) is 7.60. The van der Waals surface area contributed by atoms with E-state index in [2.05, 4.69) is 0 Å². The van der Waals surface area contributed by atoms with Crippen LogP contribution in [-0.4, -0.2) is 12.4 Å². The van der Waals surface area contributed by atoms with E-state index in [0.717, 1.165) is 6.92 Å². The van der Waals surface area contributed by atoms with Gasteiger partial charge in [0.15, 0.2) is 5.41 Å². The van der Waals surface area contributed by atoms with E-state index in [0.29, 0.717) is 0 Å². The molecule has 6 heteroatoms. The molecule has 0 aromatic heterocycles. The van der Waals surface area contributed by atoms with Crippen LogP contribution in [0.4, 0.5) is 26.3 Å². The number of rotatable bonds is 1. The van der Waals surface area contributed by atoms with Gasteiger partial charge in [0, 0.05) is 0 Å². The second-order valence-corrected chi connectivity index (χ2v) is 6.56. The van der Waals surface area contributed by atoms with Crippen LogP contribution in [0.15, 0.2) is 0 Å². The molecule has 1 unspecified atom stereocenters. The fraction of sp³-hybridized carbons (Fsp3) is 1.00. The maximum Gasteiger partial charge on any atom is 0.403 e. The Hall–Kier alpha value is -0.420. The maximum atomic E-state index is 13.2. The molecule has 1 aliphatic carbocycles. The lowest BCUT2D eigenvalue weighted by Crippen LogP contribution is -2.71. The molecule has 1 aliphatic rings. The first-order valence-electron chi connectivity index (χ1n) is 6.36. The van der Waals surface area contributed by atoms with E-state index in [4.69, 9.17) is 0 Å². The molecule has 0 radical (unpaired) electrons. The maximum absolute atomic E-state index is 13.2. The monoisotopic (exact) mass is 290 g/mol. The van der Waals surface area contributed by atoms with Gasteiger partial charge in [-0.25, -0.2) is 0 Å². The molecule has 3 atom stereocenters. The van der Waals surface area contributed by atoms with Gasteiger partial charge in [0.1, 0.15) is 0 Å². The first kappa shape index (κ1) is 16.6. The topological polar surface area (TPSA) is 0 Å². The van der Waals surface area contributed by atoms with Gasteiger partial charge in [-0.15, -0.1) is 0 Å². The average Bonchev–Trinajstić information content (AvgIpc) is 2.06. The predicted octanol–water partition coefficient (Wildman–Crippen LogP) is 5.44. The highest BCUT2D eigenvalue weighted by atomic mass is 19.4. The van der Waals surface area contributed by atoms with Gasteiger partial charge in [-0.2, -0.15) is 26.3 Å². The van der Waals surface area contributed by atoms with E-state index in [1.807, 2.05) is 0 Å². The van der Waals surface area contributed by atoms with E-state index >= 15 is 0 Å². The summed E-state index contributed by atoms with van der Waals surface area (Å²) in [5, 5.41) is 0. The lowest BCUT2D eigenvalue weighted by Gasteiger charge is -2.64. The minimum atomic E-state index is -5.26. The number of alkyl halides is 6. The first-order valence-corrected chi connectivity index (χ1v) is 6.36. The molecule has 0 aromatic rings. The zero-order valence-corrected chi connectivity index (χ0v) is 11.7. The molecule has 0 bridgehead atoms. The second-order valence-electron chi connectivity index (χ2n) is 6.56. The molecule has 0 aliphatic heterocycles. The third kappa shape index (κ3) is 2.05. The summed E-state index contributed by atoms with van der Waals surface area (Å²) >= 11 is 0. The van der Waals surface area contributed by atoms with E-state index in [1.54, 1.807) is 20.8 Å². The molecule has 1 fully saturated rings. The van der Waals surface area contributed by atoms with Crippen LogP contribution < -0.4 is 0 Å². The van der Waals surface area contributed by atoms with Crippen molar-refractivity contribution in [3.63, 3.8) is 0 Å². The third-order valence-electron chi connectivity index (χ3n) is 4.65. The van der Waals surface area contributed by atoms with Gasteiger partial charge in [-0.1, -0.05) is 41.0 Å². The van der Waals surface area contributed by atoms with E-state index in [-0.39, 0.29) is 6.42 Å². The van der Waals surface area contributed by atoms with Crippen molar-refractivity contribution in [2.75, 3.05) is 0 Å². The number of hydrogen-bond donors (Lipinski definition) is 0. The summed E-state index contributed by atoms with van der Waals surface area (Å²) in [5.74, 6) is -3.43. The highest BCUT2D eigenvalue weighted by molar-refractivity contribution is 5.15. The first-order chi connectivity index (χ1) is 8.23. The van der Waals surface area contributed by atoms with Gasteiger partial charge in [-0.05, 0) is 23.2 Å². The minimum Gasteiger partial charge on any atom is -0.170 e. The summed E-state index contributed by atoms with van der Waals surface area (Å²) in [6, 6.07) is 0. The van der Waals surface area contributed by atoms with Crippen LogP contribution in [0.3, 0.4) is 0 Å². The summed E-state index contributed by atoms with van der Waals surface area (Å²) in [6.07, 6.45) is -10.6. The lowest BCUT2D eigenvalue weighted by atomic mass is 9.40. The van der Waals surface area contributed by atoms with Gasteiger partial charge in [0.05, 0.1) is 0 Å². The Morgan fingerprint density at radius 3 is 1.47 bits per heavy atom. The highest BCUT2D eigenvalue weighted by Gasteiger charge is 2.83. The largest absolute Gasteiger partial charge is 0.403 e. The van der Waals surface area contributed by atoms with Crippen molar-refractivity contribution in [3.8, 4) is 0 Å². The van der Waals surface area contributed by atoms with Crippen molar-refractivity contribution in [3.05, 3.63) is 0 Å². The predicted molar refractivity (Wildman–Crippen MR) is 60.4 cm³/mol. The molecule has 0 amide bonds. The Kier molecular flexibility index (Phi) is 3.75. The Morgan fingerprint density at radius 1 is 0.895 bits per heavy atom. The smallest absolute Gasteiger partial charge is 0.170 e. The quantitative estimate of drug-likeness (QED) is 0.564. The van der Waals surface area contributed by atoms with Crippen LogP contribution in [-0.2, 0) is 0 Å². The van der Waals surface area contributed by atoms with Crippen molar-refractivity contribution in [1.29, 1.82) is 0 Å². The SMILES string of the molecule is CC[C@@H]1C(C(C)(C)C)[C@H](C)C1(C(F)(F)F)C(F)(F)F. The molecule has 1 saturated carbocycles. The Labute approximate surface area is 109 Å². The number of halogens is 6. The molecule has 0 N–H and O–H groups in total. The van der Waals surface area contributed by atoms with Gasteiger partial charge >= 0.3 is 12.4 Å². The third-order valence-corrected chi connectivity index (χ3v) is 4.65. The minimum absolute atomic E-state index is 0.120. The van der Waals surface area contributed by atoms with Gasteiger partial charge in [0.25, 0.3) is 0 Å². The van der Waals surface area contributed by atoms with Crippen LogP contribution in [0.25, 0.3) is 0 Å². The molecule has 0 saturated heterocycles.